The standard InChI is InChI=1S/C16H20N2O6S/c19-14(17-11-16(5-6-16)15(20)21)12-3-1-2-4-13(12)25(22,23)18-7-9-24-10-8-18/h1-4H,5-11H2,(H,17,19)(H,20,21). The average Bonchev–Trinajstić information content (AvgIpc) is 3.42. The van der Waals surface area contributed by atoms with Crippen molar-refractivity contribution in [2.45, 2.75) is 17.7 Å². The van der Waals surface area contributed by atoms with Crippen molar-refractivity contribution in [2.24, 2.45) is 5.41 Å². The summed E-state index contributed by atoms with van der Waals surface area (Å²) in [5.41, 5.74) is -0.886. The van der Waals surface area contributed by atoms with Crippen LogP contribution in [0.25, 0.3) is 0 Å². The zero-order valence-corrected chi connectivity index (χ0v) is 14.4. The van der Waals surface area contributed by atoms with E-state index in [1.54, 1.807) is 12.1 Å². The van der Waals surface area contributed by atoms with Crippen LogP contribution >= 0.6 is 0 Å². The molecule has 1 aromatic carbocycles. The molecule has 25 heavy (non-hydrogen) atoms. The molecule has 1 heterocycles. The van der Waals surface area contributed by atoms with Gasteiger partial charge in [0.25, 0.3) is 5.91 Å². The van der Waals surface area contributed by atoms with Gasteiger partial charge in [-0.05, 0) is 25.0 Å². The Labute approximate surface area is 145 Å². The lowest BCUT2D eigenvalue weighted by Gasteiger charge is -2.26. The molecule has 1 aromatic rings. The van der Waals surface area contributed by atoms with Crippen molar-refractivity contribution in [2.75, 3.05) is 32.8 Å². The zero-order valence-electron chi connectivity index (χ0n) is 13.6. The minimum atomic E-state index is -3.82. The molecule has 136 valence electrons. The Morgan fingerprint density at radius 2 is 1.84 bits per heavy atom. The highest BCUT2D eigenvalue weighted by molar-refractivity contribution is 7.89. The number of amides is 1. The van der Waals surface area contributed by atoms with Crippen LogP contribution in [-0.4, -0.2) is 62.6 Å². The van der Waals surface area contributed by atoms with Crippen molar-refractivity contribution in [1.29, 1.82) is 0 Å². The summed E-state index contributed by atoms with van der Waals surface area (Å²) in [5.74, 6) is -1.53. The number of carboxylic acids is 1. The van der Waals surface area contributed by atoms with Gasteiger partial charge in [0.1, 0.15) is 0 Å². The van der Waals surface area contributed by atoms with Crippen LogP contribution in [0.1, 0.15) is 23.2 Å². The number of sulfonamides is 1. The third-order valence-corrected chi connectivity index (χ3v) is 6.57. The van der Waals surface area contributed by atoms with Gasteiger partial charge in [-0.3, -0.25) is 9.59 Å². The molecule has 3 rings (SSSR count). The van der Waals surface area contributed by atoms with E-state index in [0.29, 0.717) is 26.1 Å². The fraction of sp³-hybridized carbons (Fsp3) is 0.500. The number of carbonyl (C=O) groups excluding carboxylic acids is 1. The Morgan fingerprint density at radius 3 is 2.44 bits per heavy atom. The Bertz CT molecular complexity index is 782. The molecule has 0 bridgehead atoms. The van der Waals surface area contributed by atoms with Crippen LogP contribution in [0.2, 0.25) is 0 Å². The van der Waals surface area contributed by atoms with Crippen LogP contribution in [0.15, 0.2) is 29.2 Å². The lowest BCUT2D eigenvalue weighted by atomic mass is 10.1. The summed E-state index contributed by atoms with van der Waals surface area (Å²) in [7, 11) is -3.82. The first-order valence-corrected chi connectivity index (χ1v) is 9.49. The van der Waals surface area contributed by atoms with Gasteiger partial charge in [-0.15, -0.1) is 0 Å². The third kappa shape index (κ3) is 3.53. The number of benzene rings is 1. The second-order valence-electron chi connectivity index (χ2n) is 6.28. The maximum atomic E-state index is 12.8. The van der Waals surface area contributed by atoms with Crippen LogP contribution < -0.4 is 5.32 Å². The summed E-state index contributed by atoms with van der Waals surface area (Å²) in [6.07, 6.45) is 1.02. The molecule has 8 nitrogen and oxygen atoms in total. The molecule has 1 aliphatic heterocycles. The normalized spacial score (nSPS) is 20.0. The second-order valence-corrected chi connectivity index (χ2v) is 8.19. The van der Waals surface area contributed by atoms with Gasteiger partial charge >= 0.3 is 5.97 Å². The lowest BCUT2D eigenvalue weighted by Crippen LogP contribution is -2.41. The summed E-state index contributed by atoms with van der Waals surface area (Å²) >= 11 is 0. The fourth-order valence-electron chi connectivity index (χ4n) is 2.77. The van der Waals surface area contributed by atoms with E-state index in [0.717, 1.165) is 0 Å². The van der Waals surface area contributed by atoms with Crippen molar-refractivity contribution in [3.63, 3.8) is 0 Å². The smallest absolute Gasteiger partial charge is 0.311 e. The SMILES string of the molecule is O=C(NCC1(C(=O)O)CC1)c1ccccc1S(=O)(=O)N1CCOCC1. The van der Waals surface area contributed by atoms with Crippen LogP contribution in [-0.2, 0) is 19.6 Å². The summed E-state index contributed by atoms with van der Waals surface area (Å²) in [6.45, 7) is 1.09. The first-order valence-electron chi connectivity index (χ1n) is 8.05. The van der Waals surface area contributed by atoms with E-state index in [4.69, 9.17) is 4.74 Å². The number of carboxylic acid groups (broad SMARTS) is 1. The van der Waals surface area contributed by atoms with Crippen LogP contribution in [0.3, 0.4) is 0 Å². The number of morpholine rings is 1. The third-order valence-electron chi connectivity index (χ3n) is 4.61. The first kappa shape index (κ1) is 17.8. The van der Waals surface area contributed by atoms with Crippen molar-refractivity contribution in [3.05, 3.63) is 29.8 Å². The van der Waals surface area contributed by atoms with Gasteiger partial charge < -0.3 is 15.2 Å². The van der Waals surface area contributed by atoms with Crippen molar-refractivity contribution >= 4 is 21.9 Å². The minimum absolute atomic E-state index is 0.00684. The Morgan fingerprint density at radius 1 is 1.20 bits per heavy atom. The number of aliphatic carboxylic acids is 1. The van der Waals surface area contributed by atoms with Gasteiger partial charge in [-0.1, -0.05) is 12.1 Å². The monoisotopic (exact) mass is 368 g/mol. The molecule has 1 saturated carbocycles. The van der Waals surface area contributed by atoms with Crippen molar-refractivity contribution < 1.29 is 27.9 Å². The molecule has 0 spiro atoms. The Hall–Kier alpha value is -1.97. The number of ether oxygens (including phenoxy) is 1. The van der Waals surface area contributed by atoms with Gasteiger partial charge in [-0.2, -0.15) is 4.31 Å². The quantitative estimate of drug-likeness (QED) is 0.747. The van der Waals surface area contributed by atoms with Gasteiger partial charge in [0.2, 0.25) is 10.0 Å². The molecule has 9 heteroatoms. The summed E-state index contributed by atoms with van der Waals surface area (Å²) in [4.78, 5) is 23.6. The summed E-state index contributed by atoms with van der Waals surface area (Å²) in [6, 6.07) is 5.97. The van der Waals surface area contributed by atoms with Crippen molar-refractivity contribution in [3.8, 4) is 0 Å². The molecule has 2 N–H and O–H groups in total. The van der Waals surface area contributed by atoms with E-state index in [9.17, 15) is 23.1 Å². The van der Waals surface area contributed by atoms with E-state index < -0.39 is 27.3 Å². The van der Waals surface area contributed by atoms with Gasteiger partial charge in [0.15, 0.2) is 0 Å². The number of rotatable bonds is 6. The highest BCUT2D eigenvalue weighted by atomic mass is 32.2. The largest absolute Gasteiger partial charge is 0.481 e. The maximum absolute atomic E-state index is 12.8. The number of nitrogens with zero attached hydrogens (tertiary/aromatic N) is 1. The van der Waals surface area contributed by atoms with Gasteiger partial charge in [-0.25, -0.2) is 8.42 Å². The highest BCUT2D eigenvalue weighted by Crippen LogP contribution is 2.45. The Kier molecular flexibility index (Phi) is 4.81. The van der Waals surface area contributed by atoms with E-state index >= 15 is 0 Å². The maximum Gasteiger partial charge on any atom is 0.311 e. The summed E-state index contributed by atoms with van der Waals surface area (Å²) < 4.78 is 32.1. The lowest BCUT2D eigenvalue weighted by molar-refractivity contribution is -0.143. The van der Waals surface area contributed by atoms with Gasteiger partial charge in [0, 0.05) is 19.6 Å². The van der Waals surface area contributed by atoms with Crippen molar-refractivity contribution in [1.82, 2.24) is 9.62 Å². The van der Waals surface area contributed by atoms with Crippen LogP contribution in [0.4, 0.5) is 0 Å². The molecular formula is C16H20N2O6S. The van der Waals surface area contributed by atoms with E-state index in [1.807, 2.05) is 0 Å². The number of nitrogens with one attached hydrogen (secondary N) is 1. The molecule has 2 fully saturated rings. The second kappa shape index (κ2) is 6.74. The number of hydrogen-bond donors (Lipinski definition) is 2. The number of hydrogen-bond acceptors (Lipinski definition) is 5. The summed E-state index contributed by atoms with van der Waals surface area (Å²) in [5, 5.41) is 11.7. The van der Waals surface area contributed by atoms with E-state index in [2.05, 4.69) is 5.32 Å². The molecular weight excluding hydrogens is 348 g/mol. The average molecular weight is 368 g/mol. The molecule has 0 unspecified atom stereocenters. The Balaban J connectivity index is 1.80. The molecule has 2 aliphatic rings. The first-order chi connectivity index (χ1) is 11.9. The molecule has 0 atom stereocenters. The zero-order chi connectivity index (χ0) is 18.1. The molecule has 1 aliphatic carbocycles. The predicted octanol–water partition coefficient (Wildman–Crippen LogP) is 0.302. The van der Waals surface area contributed by atoms with E-state index in [1.165, 1.54) is 16.4 Å². The predicted molar refractivity (Wildman–Crippen MR) is 87.7 cm³/mol. The topological polar surface area (TPSA) is 113 Å². The van der Waals surface area contributed by atoms with Crippen LogP contribution in [0, 0.1) is 5.41 Å². The highest BCUT2D eigenvalue weighted by Gasteiger charge is 2.50. The van der Waals surface area contributed by atoms with Crippen LogP contribution in [0.5, 0.6) is 0 Å². The molecule has 0 radical (unpaired) electrons. The minimum Gasteiger partial charge on any atom is -0.481 e. The molecule has 0 aromatic heterocycles. The number of carbonyl (C=O) groups is 2. The van der Waals surface area contributed by atoms with E-state index in [-0.39, 0.29) is 30.1 Å². The molecule has 1 saturated heterocycles. The molecule has 1 amide bonds. The van der Waals surface area contributed by atoms with Gasteiger partial charge in [0.05, 0.1) is 29.1 Å². The fourth-order valence-corrected chi connectivity index (χ4v) is 4.36.